The van der Waals surface area contributed by atoms with E-state index in [1.165, 1.54) is 6.42 Å². The maximum absolute atomic E-state index is 6.25. The summed E-state index contributed by atoms with van der Waals surface area (Å²) >= 11 is 0. The summed E-state index contributed by atoms with van der Waals surface area (Å²) in [6.07, 6.45) is 3.66. The van der Waals surface area contributed by atoms with Gasteiger partial charge in [0.25, 0.3) is 0 Å². The Morgan fingerprint density at radius 1 is 1.09 bits per heavy atom. The maximum Gasteiger partial charge on any atom is 0.201 e. The second-order valence-electron chi connectivity index (χ2n) is 7.73. The van der Waals surface area contributed by atoms with Gasteiger partial charge < -0.3 is 14.2 Å². The van der Waals surface area contributed by atoms with E-state index in [2.05, 4.69) is 13.8 Å². The van der Waals surface area contributed by atoms with E-state index in [0.717, 1.165) is 19.3 Å². The van der Waals surface area contributed by atoms with Gasteiger partial charge in [-0.15, -0.1) is 0 Å². The van der Waals surface area contributed by atoms with E-state index < -0.39 is 11.4 Å². The zero-order chi connectivity index (χ0) is 15.5. The lowest BCUT2D eigenvalue weighted by Gasteiger charge is -2.60. The molecule has 1 aliphatic carbocycles. The first-order valence-corrected chi connectivity index (χ1v) is 8.82. The van der Waals surface area contributed by atoms with Crippen molar-refractivity contribution in [1.29, 1.82) is 0 Å². The Morgan fingerprint density at radius 3 is 2.68 bits per heavy atom. The second-order valence-corrected chi connectivity index (χ2v) is 7.73. The summed E-state index contributed by atoms with van der Waals surface area (Å²) in [5, 5.41) is 0. The molecule has 126 valence electrons. The maximum atomic E-state index is 6.25. The standard InChI is InChI=1S/C17H28O5/c1-5-18-14-11(3)13-7-6-10(2)12-8-9-16(4)20-15(19-14)17(12,13)22-21-16/h10-15H,5-9H2,1-4H3/t10-,11-,12?,13?,14?,15-,16-,17-/m1/s1. The monoisotopic (exact) mass is 312 g/mol. The first-order valence-electron chi connectivity index (χ1n) is 8.82. The fourth-order valence-corrected chi connectivity index (χ4v) is 5.23. The summed E-state index contributed by atoms with van der Waals surface area (Å²) in [7, 11) is 0. The molecule has 2 bridgehead atoms. The van der Waals surface area contributed by atoms with Crippen LogP contribution in [-0.4, -0.2) is 30.6 Å². The van der Waals surface area contributed by atoms with Gasteiger partial charge in [0.2, 0.25) is 5.79 Å². The van der Waals surface area contributed by atoms with Crippen molar-refractivity contribution in [3.63, 3.8) is 0 Å². The van der Waals surface area contributed by atoms with Crippen LogP contribution in [0.25, 0.3) is 0 Å². The van der Waals surface area contributed by atoms with E-state index in [1.54, 1.807) is 0 Å². The first-order chi connectivity index (χ1) is 10.5. The highest BCUT2D eigenvalue weighted by Gasteiger charge is 2.69. The van der Waals surface area contributed by atoms with Gasteiger partial charge in [0.1, 0.15) is 0 Å². The molecule has 1 saturated carbocycles. The van der Waals surface area contributed by atoms with Gasteiger partial charge in [-0.25, -0.2) is 9.78 Å². The molecule has 4 heterocycles. The van der Waals surface area contributed by atoms with Crippen molar-refractivity contribution in [2.75, 3.05) is 6.61 Å². The molecule has 5 aliphatic rings. The lowest BCUT2D eigenvalue weighted by atomic mass is 9.58. The van der Waals surface area contributed by atoms with Crippen molar-refractivity contribution in [3.8, 4) is 0 Å². The van der Waals surface area contributed by atoms with E-state index in [1.807, 2.05) is 13.8 Å². The van der Waals surface area contributed by atoms with Crippen LogP contribution >= 0.6 is 0 Å². The molecule has 5 nitrogen and oxygen atoms in total. The smallest absolute Gasteiger partial charge is 0.201 e. The molecular weight excluding hydrogens is 284 g/mol. The second kappa shape index (κ2) is 5.15. The zero-order valence-corrected chi connectivity index (χ0v) is 14.0. The van der Waals surface area contributed by atoms with Crippen molar-refractivity contribution < 1.29 is 24.0 Å². The molecule has 1 spiro atoms. The number of hydrogen-bond acceptors (Lipinski definition) is 5. The first kappa shape index (κ1) is 15.3. The van der Waals surface area contributed by atoms with Crippen molar-refractivity contribution in [1.82, 2.24) is 0 Å². The van der Waals surface area contributed by atoms with Crippen molar-refractivity contribution in [2.45, 2.75) is 77.3 Å². The number of ether oxygens (including phenoxy) is 3. The van der Waals surface area contributed by atoms with Crippen LogP contribution in [0, 0.1) is 23.7 Å². The molecule has 8 atom stereocenters. The van der Waals surface area contributed by atoms with Gasteiger partial charge in [0, 0.05) is 24.9 Å². The summed E-state index contributed by atoms with van der Waals surface area (Å²) in [5.41, 5.74) is -0.472. The minimum absolute atomic E-state index is 0.216. The van der Waals surface area contributed by atoms with Crippen molar-refractivity contribution in [2.24, 2.45) is 23.7 Å². The molecule has 0 aromatic carbocycles. The van der Waals surface area contributed by atoms with E-state index in [0.29, 0.717) is 24.4 Å². The molecule has 0 aromatic heterocycles. The number of hydrogen-bond donors (Lipinski definition) is 0. The predicted molar refractivity (Wildman–Crippen MR) is 78.5 cm³/mol. The summed E-state index contributed by atoms with van der Waals surface area (Å²) in [5.74, 6) is 0.957. The van der Waals surface area contributed by atoms with Crippen LogP contribution < -0.4 is 0 Å². The number of rotatable bonds is 2. The molecule has 0 aromatic rings. The Hall–Kier alpha value is -0.200. The Balaban J connectivity index is 1.75. The highest BCUT2D eigenvalue weighted by Crippen LogP contribution is 2.60. The van der Waals surface area contributed by atoms with Gasteiger partial charge in [0.15, 0.2) is 18.2 Å². The third kappa shape index (κ3) is 1.96. The molecular formula is C17H28O5. The fourth-order valence-electron chi connectivity index (χ4n) is 5.23. The van der Waals surface area contributed by atoms with Crippen LogP contribution in [-0.2, 0) is 24.0 Å². The van der Waals surface area contributed by atoms with E-state index >= 15 is 0 Å². The Labute approximate surface area is 132 Å². The van der Waals surface area contributed by atoms with Crippen molar-refractivity contribution >= 4 is 0 Å². The molecule has 5 heteroatoms. The predicted octanol–water partition coefficient (Wildman–Crippen LogP) is 3.23. The van der Waals surface area contributed by atoms with Crippen LogP contribution in [0.3, 0.4) is 0 Å². The van der Waals surface area contributed by atoms with E-state index in [-0.39, 0.29) is 18.5 Å². The van der Waals surface area contributed by atoms with Gasteiger partial charge in [-0.2, -0.15) is 0 Å². The molecule has 0 N–H and O–H groups in total. The summed E-state index contributed by atoms with van der Waals surface area (Å²) in [4.78, 5) is 11.9. The topological polar surface area (TPSA) is 46.2 Å². The summed E-state index contributed by atoms with van der Waals surface area (Å²) in [6.45, 7) is 9.15. The zero-order valence-electron chi connectivity index (χ0n) is 14.0. The lowest BCUT2D eigenvalue weighted by Crippen LogP contribution is -2.70. The molecule has 5 rings (SSSR count). The minimum Gasteiger partial charge on any atom is -0.353 e. The van der Waals surface area contributed by atoms with Crippen molar-refractivity contribution in [3.05, 3.63) is 0 Å². The molecule has 5 fully saturated rings. The highest BCUT2D eigenvalue weighted by atomic mass is 17.3. The van der Waals surface area contributed by atoms with E-state index in [9.17, 15) is 0 Å². The van der Waals surface area contributed by atoms with Gasteiger partial charge in [0.05, 0.1) is 0 Å². The molecule has 4 saturated heterocycles. The summed E-state index contributed by atoms with van der Waals surface area (Å²) < 4.78 is 18.3. The van der Waals surface area contributed by atoms with Crippen LogP contribution in [0.5, 0.6) is 0 Å². The average Bonchev–Trinajstić information content (AvgIpc) is 2.71. The average molecular weight is 312 g/mol. The SMILES string of the molecule is CCOC1O[C@@H]2O[C@@]3(C)CCC4[C@H](C)CCC([C@H]1C)[C@]42OO3. The molecule has 4 aliphatic heterocycles. The van der Waals surface area contributed by atoms with Crippen LogP contribution in [0.4, 0.5) is 0 Å². The largest absolute Gasteiger partial charge is 0.353 e. The normalized spacial score (nSPS) is 57.3. The fraction of sp³-hybridized carbons (Fsp3) is 1.00. The van der Waals surface area contributed by atoms with Crippen LogP contribution in [0.2, 0.25) is 0 Å². The van der Waals surface area contributed by atoms with E-state index in [4.69, 9.17) is 24.0 Å². The van der Waals surface area contributed by atoms with Gasteiger partial charge >= 0.3 is 0 Å². The minimum atomic E-state index is -0.700. The Kier molecular flexibility index (Phi) is 3.59. The third-order valence-electron chi connectivity index (χ3n) is 6.43. The number of fused-ring (bicyclic) bond motifs is 2. The molecule has 0 amide bonds. The molecule has 22 heavy (non-hydrogen) atoms. The Morgan fingerprint density at radius 2 is 1.91 bits per heavy atom. The quantitative estimate of drug-likeness (QED) is 0.733. The highest BCUT2D eigenvalue weighted by molar-refractivity contribution is 5.09. The van der Waals surface area contributed by atoms with Gasteiger partial charge in [-0.3, -0.25) is 0 Å². The van der Waals surface area contributed by atoms with Gasteiger partial charge in [-0.05, 0) is 44.9 Å². The van der Waals surface area contributed by atoms with Gasteiger partial charge in [-0.1, -0.05) is 13.8 Å². The lowest BCUT2D eigenvalue weighted by molar-refractivity contribution is -0.577. The third-order valence-corrected chi connectivity index (χ3v) is 6.43. The Bertz CT molecular complexity index is 443. The van der Waals surface area contributed by atoms with Crippen LogP contribution in [0.15, 0.2) is 0 Å². The van der Waals surface area contributed by atoms with Crippen LogP contribution in [0.1, 0.15) is 53.4 Å². The summed E-state index contributed by atoms with van der Waals surface area (Å²) in [6, 6.07) is 0. The molecule has 0 radical (unpaired) electrons. The molecule has 3 unspecified atom stereocenters.